The number of nitrogens with zero attached hydrogens (tertiary/aromatic N) is 3. The van der Waals surface area contributed by atoms with Gasteiger partial charge in [0.1, 0.15) is 17.6 Å². The van der Waals surface area contributed by atoms with Crippen molar-refractivity contribution in [1.29, 1.82) is 0 Å². The van der Waals surface area contributed by atoms with Crippen molar-refractivity contribution in [1.82, 2.24) is 14.9 Å². The second-order valence-electron chi connectivity index (χ2n) is 4.66. The number of thiophene rings is 1. The zero-order valence-corrected chi connectivity index (χ0v) is 12.5. The summed E-state index contributed by atoms with van der Waals surface area (Å²) in [4.78, 5) is 22.8. The normalized spacial score (nSPS) is 18.5. The fourth-order valence-electron chi connectivity index (χ4n) is 2.34. The molecule has 0 aromatic carbocycles. The maximum Gasteiger partial charge on any atom is 0.254 e. The van der Waals surface area contributed by atoms with E-state index in [1.54, 1.807) is 19.4 Å². The van der Waals surface area contributed by atoms with Gasteiger partial charge in [0.05, 0.1) is 18.7 Å². The summed E-state index contributed by atoms with van der Waals surface area (Å²) in [6.07, 6.45) is 3.02. The molecule has 3 rings (SSSR count). The van der Waals surface area contributed by atoms with Gasteiger partial charge in [0.25, 0.3) is 5.91 Å². The molecule has 0 saturated carbocycles. The van der Waals surface area contributed by atoms with Crippen molar-refractivity contribution in [2.75, 3.05) is 32.1 Å². The van der Waals surface area contributed by atoms with E-state index in [0.717, 1.165) is 11.3 Å². The van der Waals surface area contributed by atoms with Crippen molar-refractivity contribution in [3.8, 4) is 0 Å². The number of ether oxygens (including phenoxy) is 1. The van der Waals surface area contributed by atoms with Gasteiger partial charge in [-0.1, -0.05) is 0 Å². The topological polar surface area (TPSA) is 67.4 Å². The number of amides is 1. The Morgan fingerprint density at radius 3 is 3.10 bits per heavy atom. The molecule has 7 heteroatoms. The maximum atomic E-state index is 12.4. The Morgan fingerprint density at radius 2 is 2.33 bits per heavy atom. The second kappa shape index (κ2) is 6.19. The van der Waals surface area contributed by atoms with Crippen molar-refractivity contribution in [2.45, 2.75) is 6.10 Å². The van der Waals surface area contributed by atoms with E-state index < -0.39 is 0 Å². The molecule has 1 aliphatic rings. The predicted octanol–water partition coefficient (Wildman–Crippen LogP) is 1.79. The van der Waals surface area contributed by atoms with Crippen LogP contribution in [0.1, 0.15) is 22.2 Å². The van der Waals surface area contributed by atoms with E-state index >= 15 is 0 Å². The molecule has 0 radical (unpaired) electrons. The number of rotatable bonds is 3. The lowest BCUT2D eigenvalue weighted by Gasteiger charge is -2.32. The molecule has 0 bridgehead atoms. The number of anilines is 1. The van der Waals surface area contributed by atoms with Gasteiger partial charge in [0.2, 0.25) is 0 Å². The molecule has 6 nitrogen and oxygen atoms in total. The first-order chi connectivity index (χ1) is 10.3. The molecule has 2 aromatic heterocycles. The highest BCUT2D eigenvalue weighted by atomic mass is 32.1. The Labute approximate surface area is 126 Å². The van der Waals surface area contributed by atoms with Gasteiger partial charge in [-0.25, -0.2) is 4.98 Å². The Hall–Kier alpha value is -1.99. The molecule has 0 aliphatic carbocycles. The molecule has 2 aromatic rings. The molecule has 21 heavy (non-hydrogen) atoms. The fraction of sp³-hybridized carbons (Fsp3) is 0.357. The fourth-order valence-corrected chi connectivity index (χ4v) is 2.97. The van der Waals surface area contributed by atoms with Crippen molar-refractivity contribution in [2.24, 2.45) is 0 Å². The first-order valence-corrected chi connectivity index (χ1v) is 7.65. The standard InChI is InChI=1S/C14H16N4O2S/c1-15-13-12(16-3-4-17-13)11-8-18(5-6-20-11)14(19)10-2-7-21-9-10/h2-4,7,9,11H,5-6,8H2,1H3,(H,15,17). The van der Waals surface area contributed by atoms with Crippen LogP contribution in [0.15, 0.2) is 29.2 Å². The number of aromatic nitrogens is 2. The van der Waals surface area contributed by atoms with Crippen LogP contribution in [0, 0.1) is 0 Å². The van der Waals surface area contributed by atoms with E-state index in [1.165, 1.54) is 11.3 Å². The SMILES string of the molecule is CNc1nccnc1C1CN(C(=O)c2ccsc2)CCO1. The lowest BCUT2D eigenvalue weighted by molar-refractivity contribution is -0.0245. The third-order valence-electron chi connectivity index (χ3n) is 3.39. The number of morpholine rings is 1. The molecular weight excluding hydrogens is 288 g/mol. The largest absolute Gasteiger partial charge is 0.372 e. The third-order valence-corrected chi connectivity index (χ3v) is 4.07. The van der Waals surface area contributed by atoms with Crippen molar-refractivity contribution in [3.05, 3.63) is 40.5 Å². The molecule has 3 heterocycles. The van der Waals surface area contributed by atoms with Gasteiger partial charge >= 0.3 is 0 Å². The molecule has 110 valence electrons. The van der Waals surface area contributed by atoms with Crippen LogP contribution < -0.4 is 5.32 Å². The summed E-state index contributed by atoms with van der Waals surface area (Å²) in [5.74, 6) is 0.729. The summed E-state index contributed by atoms with van der Waals surface area (Å²) >= 11 is 1.52. The minimum atomic E-state index is -0.252. The van der Waals surface area contributed by atoms with Gasteiger partial charge in [-0.2, -0.15) is 11.3 Å². The van der Waals surface area contributed by atoms with Crippen LogP contribution in [0.4, 0.5) is 5.82 Å². The van der Waals surface area contributed by atoms with Crippen LogP contribution in [0.25, 0.3) is 0 Å². The average Bonchev–Trinajstić information content (AvgIpc) is 3.08. The number of hydrogen-bond acceptors (Lipinski definition) is 6. The summed E-state index contributed by atoms with van der Waals surface area (Å²) in [6.45, 7) is 1.59. The average molecular weight is 304 g/mol. The lowest BCUT2D eigenvalue weighted by atomic mass is 10.1. The summed E-state index contributed by atoms with van der Waals surface area (Å²) in [6, 6.07) is 1.85. The molecule has 1 saturated heterocycles. The van der Waals surface area contributed by atoms with Crippen LogP contribution in [0.3, 0.4) is 0 Å². The van der Waals surface area contributed by atoms with Crippen LogP contribution in [0.5, 0.6) is 0 Å². The maximum absolute atomic E-state index is 12.4. The van der Waals surface area contributed by atoms with Gasteiger partial charge in [-0.05, 0) is 11.4 Å². The third kappa shape index (κ3) is 2.88. The van der Waals surface area contributed by atoms with Crippen molar-refractivity contribution < 1.29 is 9.53 Å². The molecule has 1 atom stereocenters. The van der Waals surface area contributed by atoms with Gasteiger partial charge in [0, 0.05) is 31.4 Å². The van der Waals surface area contributed by atoms with Crippen LogP contribution in [0.2, 0.25) is 0 Å². The molecule has 1 N–H and O–H groups in total. The van der Waals surface area contributed by atoms with Gasteiger partial charge < -0.3 is 15.0 Å². The minimum absolute atomic E-state index is 0.0412. The quantitative estimate of drug-likeness (QED) is 0.936. The van der Waals surface area contributed by atoms with E-state index in [-0.39, 0.29) is 12.0 Å². The van der Waals surface area contributed by atoms with E-state index in [2.05, 4.69) is 15.3 Å². The smallest absolute Gasteiger partial charge is 0.254 e. The first kappa shape index (κ1) is 14.0. The zero-order valence-electron chi connectivity index (χ0n) is 11.7. The Balaban J connectivity index is 1.78. The monoisotopic (exact) mass is 304 g/mol. The number of nitrogens with one attached hydrogen (secondary N) is 1. The van der Waals surface area contributed by atoms with Crippen molar-refractivity contribution >= 4 is 23.1 Å². The van der Waals surface area contributed by atoms with E-state index in [1.807, 2.05) is 21.7 Å². The molecule has 0 spiro atoms. The molecule has 1 unspecified atom stereocenters. The predicted molar refractivity (Wildman–Crippen MR) is 80.5 cm³/mol. The van der Waals surface area contributed by atoms with E-state index in [9.17, 15) is 4.79 Å². The van der Waals surface area contributed by atoms with Crippen molar-refractivity contribution in [3.63, 3.8) is 0 Å². The minimum Gasteiger partial charge on any atom is -0.372 e. The highest BCUT2D eigenvalue weighted by Gasteiger charge is 2.28. The van der Waals surface area contributed by atoms with E-state index in [0.29, 0.717) is 25.5 Å². The summed E-state index contributed by atoms with van der Waals surface area (Å²) in [5.41, 5.74) is 1.47. The van der Waals surface area contributed by atoms with Crippen LogP contribution >= 0.6 is 11.3 Å². The van der Waals surface area contributed by atoms with E-state index in [4.69, 9.17) is 4.74 Å². The zero-order chi connectivity index (χ0) is 14.7. The summed E-state index contributed by atoms with van der Waals surface area (Å²) in [5, 5.41) is 6.79. The van der Waals surface area contributed by atoms with Gasteiger partial charge in [-0.15, -0.1) is 0 Å². The second-order valence-corrected chi connectivity index (χ2v) is 5.44. The molecular formula is C14H16N4O2S. The lowest BCUT2D eigenvalue weighted by Crippen LogP contribution is -2.42. The first-order valence-electron chi connectivity index (χ1n) is 6.71. The Kier molecular flexibility index (Phi) is 4.12. The Morgan fingerprint density at radius 1 is 1.48 bits per heavy atom. The highest BCUT2D eigenvalue weighted by Crippen LogP contribution is 2.26. The van der Waals surface area contributed by atoms with Crippen LogP contribution in [-0.4, -0.2) is 47.5 Å². The number of carbonyl (C=O) groups is 1. The summed E-state index contributed by atoms with van der Waals surface area (Å²) in [7, 11) is 1.80. The van der Waals surface area contributed by atoms with Gasteiger partial charge in [0.15, 0.2) is 0 Å². The Bertz CT molecular complexity index is 617. The number of hydrogen-bond donors (Lipinski definition) is 1. The summed E-state index contributed by atoms with van der Waals surface area (Å²) < 4.78 is 5.77. The molecule has 1 amide bonds. The molecule has 1 fully saturated rings. The molecule has 1 aliphatic heterocycles. The number of carbonyl (C=O) groups excluding carboxylic acids is 1. The van der Waals surface area contributed by atoms with Gasteiger partial charge in [-0.3, -0.25) is 9.78 Å². The highest BCUT2D eigenvalue weighted by molar-refractivity contribution is 7.08. The van der Waals surface area contributed by atoms with Crippen LogP contribution in [-0.2, 0) is 4.74 Å².